The molecule has 18 heavy (non-hydrogen) atoms. The van der Waals surface area contributed by atoms with Crippen molar-refractivity contribution in [3.05, 3.63) is 24.3 Å². The van der Waals surface area contributed by atoms with E-state index in [4.69, 9.17) is 0 Å². The third-order valence-electron chi connectivity index (χ3n) is 3.28. The van der Waals surface area contributed by atoms with Gasteiger partial charge in [-0.15, -0.1) is 0 Å². The highest BCUT2D eigenvalue weighted by atomic mass is 16.3. The summed E-state index contributed by atoms with van der Waals surface area (Å²) in [5, 5.41) is 12.9. The number of hydrogen-bond acceptors (Lipinski definition) is 5. The Hall–Kier alpha value is -1.04. The highest BCUT2D eigenvalue weighted by Crippen LogP contribution is 2.16. The van der Waals surface area contributed by atoms with Gasteiger partial charge in [0.1, 0.15) is 0 Å². The van der Waals surface area contributed by atoms with E-state index < -0.39 is 5.54 Å². The van der Waals surface area contributed by atoms with Crippen molar-refractivity contribution in [2.75, 3.05) is 32.8 Å². The molecular weight excluding hydrogens is 228 g/mol. The minimum atomic E-state index is -0.526. The van der Waals surface area contributed by atoms with Crippen molar-refractivity contribution in [2.24, 2.45) is 0 Å². The summed E-state index contributed by atoms with van der Waals surface area (Å²) in [7, 11) is 0. The van der Waals surface area contributed by atoms with Crippen LogP contribution in [0, 0.1) is 0 Å². The van der Waals surface area contributed by atoms with Crippen LogP contribution in [0.1, 0.15) is 26.5 Å². The van der Waals surface area contributed by atoms with Crippen LogP contribution in [0.2, 0.25) is 0 Å². The second-order valence-electron chi connectivity index (χ2n) is 4.53. The van der Waals surface area contributed by atoms with Crippen LogP contribution >= 0.6 is 0 Å². The lowest BCUT2D eigenvalue weighted by Gasteiger charge is -2.29. The van der Waals surface area contributed by atoms with Gasteiger partial charge in [-0.3, -0.25) is 9.97 Å². The number of nitrogens with one attached hydrogen (secondary N) is 1. The third-order valence-corrected chi connectivity index (χ3v) is 3.28. The molecule has 0 radical (unpaired) electrons. The molecule has 1 unspecified atom stereocenters. The fourth-order valence-corrected chi connectivity index (χ4v) is 1.84. The van der Waals surface area contributed by atoms with E-state index in [2.05, 4.69) is 34.0 Å². The maximum atomic E-state index is 9.57. The average molecular weight is 252 g/mol. The predicted molar refractivity (Wildman–Crippen MR) is 72.3 cm³/mol. The zero-order valence-corrected chi connectivity index (χ0v) is 11.6. The molecule has 1 atom stereocenters. The van der Waals surface area contributed by atoms with Gasteiger partial charge < -0.3 is 15.3 Å². The van der Waals surface area contributed by atoms with Crippen LogP contribution in [0.15, 0.2) is 18.6 Å². The molecule has 102 valence electrons. The first kappa shape index (κ1) is 15.0. The molecule has 0 saturated heterocycles. The van der Waals surface area contributed by atoms with Gasteiger partial charge in [0.25, 0.3) is 0 Å². The Morgan fingerprint density at radius 1 is 1.33 bits per heavy atom. The molecule has 0 bridgehead atoms. The normalized spacial score (nSPS) is 14.7. The Bertz CT molecular complexity index is 329. The van der Waals surface area contributed by atoms with Gasteiger partial charge >= 0.3 is 0 Å². The van der Waals surface area contributed by atoms with Gasteiger partial charge in [-0.1, -0.05) is 13.8 Å². The minimum Gasteiger partial charge on any atom is -0.394 e. The van der Waals surface area contributed by atoms with E-state index in [0.717, 1.165) is 31.9 Å². The molecule has 5 heteroatoms. The molecule has 0 aliphatic rings. The second kappa shape index (κ2) is 7.41. The number of aliphatic hydroxyl groups is 1. The molecule has 1 aromatic rings. The molecule has 0 saturated carbocycles. The van der Waals surface area contributed by atoms with Crippen LogP contribution in [0.4, 0.5) is 0 Å². The fourth-order valence-electron chi connectivity index (χ4n) is 1.84. The van der Waals surface area contributed by atoms with Gasteiger partial charge in [0.05, 0.1) is 24.0 Å². The number of aromatic nitrogens is 2. The quantitative estimate of drug-likeness (QED) is 0.710. The van der Waals surface area contributed by atoms with Gasteiger partial charge in [0, 0.05) is 25.5 Å². The maximum Gasteiger partial charge on any atom is 0.0830 e. The lowest BCUT2D eigenvalue weighted by molar-refractivity contribution is 0.164. The van der Waals surface area contributed by atoms with Gasteiger partial charge in [0.2, 0.25) is 0 Å². The zero-order chi connectivity index (χ0) is 13.4. The first-order valence-corrected chi connectivity index (χ1v) is 6.51. The monoisotopic (exact) mass is 252 g/mol. The Morgan fingerprint density at radius 2 is 2.06 bits per heavy atom. The molecule has 0 amide bonds. The number of rotatable bonds is 8. The number of nitrogens with zero attached hydrogens (tertiary/aromatic N) is 3. The molecule has 0 fully saturated rings. The van der Waals surface area contributed by atoms with Crippen molar-refractivity contribution in [3.8, 4) is 0 Å². The SMILES string of the molecule is CCN(CC)CCNC(C)(CO)c1cnccn1. The molecule has 2 N–H and O–H groups in total. The van der Waals surface area contributed by atoms with E-state index in [1.807, 2.05) is 6.92 Å². The second-order valence-corrected chi connectivity index (χ2v) is 4.53. The lowest BCUT2D eigenvalue weighted by Crippen LogP contribution is -2.46. The smallest absolute Gasteiger partial charge is 0.0830 e. The highest BCUT2D eigenvalue weighted by Gasteiger charge is 2.26. The fraction of sp³-hybridized carbons (Fsp3) is 0.692. The van der Waals surface area contributed by atoms with Crippen LogP contribution in [-0.4, -0.2) is 52.8 Å². The van der Waals surface area contributed by atoms with E-state index in [9.17, 15) is 5.11 Å². The van der Waals surface area contributed by atoms with Crippen LogP contribution in [0.3, 0.4) is 0 Å². The molecule has 1 rings (SSSR count). The predicted octanol–water partition coefficient (Wildman–Crippen LogP) is 0.615. The van der Waals surface area contributed by atoms with Crippen LogP contribution in [-0.2, 0) is 5.54 Å². The summed E-state index contributed by atoms with van der Waals surface area (Å²) >= 11 is 0. The lowest BCUT2D eigenvalue weighted by atomic mass is 9.99. The number of likely N-dealkylation sites (N-methyl/N-ethyl adjacent to an activating group) is 1. The van der Waals surface area contributed by atoms with E-state index in [1.54, 1.807) is 18.6 Å². The molecule has 5 nitrogen and oxygen atoms in total. The Morgan fingerprint density at radius 3 is 2.56 bits per heavy atom. The van der Waals surface area contributed by atoms with Crippen molar-refractivity contribution in [3.63, 3.8) is 0 Å². The first-order chi connectivity index (χ1) is 8.66. The summed E-state index contributed by atoms with van der Waals surface area (Å²) in [4.78, 5) is 10.6. The van der Waals surface area contributed by atoms with Crippen molar-refractivity contribution < 1.29 is 5.11 Å². The molecule has 1 heterocycles. The summed E-state index contributed by atoms with van der Waals surface area (Å²) in [5.41, 5.74) is 0.244. The van der Waals surface area contributed by atoms with Gasteiger partial charge in [0.15, 0.2) is 0 Å². The molecular formula is C13H24N4O. The Kier molecular flexibility index (Phi) is 6.18. The molecule has 0 aromatic carbocycles. The van der Waals surface area contributed by atoms with E-state index >= 15 is 0 Å². The first-order valence-electron chi connectivity index (χ1n) is 6.51. The van der Waals surface area contributed by atoms with Crippen LogP contribution in [0.25, 0.3) is 0 Å². The van der Waals surface area contributed by atoms with Gasteiger partial charge in [-0.25, -0.2) is 0 Å². The molecule has 1 aromatic heterocycles. The van der Waals surface area contributed by atoms with Crippen LogP contribution < -0.4 is 5.32 Å². The molecule has 0 aliphatic carbocycles. The number of hydrogen-bond donors (Lipinski definition) is 2. The summed E-state index contributed by atoms with van der Waals surface area (Å²) in [6, 6.07) is 0. The van der Waals surface area contributed by atoms with E-state index in [-0.39, 0.29) is 6.61 Å². The van der Waals surface area contributed by atoms with Gasteiger partial charge in [-0.05, 0) is 20.0 Å². The standard InChI is InChI=1S/C13H24N4O/c1-4-17(5-2)9-8-16-13(3,11-18)12-10-14-6-7-15-12/h6-7,10,16,18H,4-5,8-9,11H2,1-3H3. The van der Waals surface area contributed by atoms with E-state index in [1.165, 1.54) is 0 Å². The van der Waals surface area contributed by atoms with E-state index in [0.29, 0.717) is 0 Å². The minimum absolute atomic E-state index is 0.00391. The summed E-state index contributed by atoms with van der Waals surface area (Å²) in [5.74, 6) is 0. The summed E-state index contributed by atoms with van der Waals surface area (Å²) in [6.45, 7) is 10.1. The Balaban J connectivity index is 2.56. The summed E-state index contributed by atoms with van der Waals surface area (Å²) in [6.07, 6.45) is 4.98. The van der Waals surface area contributed by atoms with Crippen molar-refractivity contribution in [1.29, 1.82) is 0 Å². The van der Waals surface area contributed by atoms with Crippen molar-refractivity contribution in [2.45, 2.75) is 26.3 Å². The number of aliphatic hydroxyl groups excluding tert-OH is 1. The molecule has 0 aliphatic heterocycles. The summed E-state index contributed by atoms with van der Waals surface area (Å²) < 4.78 is 0. The molecule has 0 spiro atoms. The zero-order valence-electron chi connectivity index (χ0n) is 11.6. The highest BCUT2D eigenvalue weighted by molar-refractivity contribution is 5.10. The maximum absolute atomic E-state index is 9.57. The van der Waals surface area contributed by atoms with Crippen LogP contribution in [0.5, 0.6) is 0 Å². The van der Waals surface area contributed by atoms with Crippen molar-refractivity contribution >= 4 is 0 Å². The average Bonchev–Trinajstić information content (AvgIpc) is 2.44. The topological polar surface area (TPSA) is 61.3 Å². The third kappa shape index (κ3) is 4.01. The van der Waals surface area contributed by atoms with Gasteiger partial charge in [-0.2, -0.15) is 0 Å². The largest absolute Gasteiger partial charge is 0.394 e. The Labute approximate surface area is 109 Å². The van der Waals surface area contributed by atoms with Crippen molar-refractivity contribution in [1.82, 2.24) is 20.2 Å².